The largest absolute Gasteiger partial charge is 0.444 e. The van der Waals surface area contributed by atoms with E-state index < -0.39 is 5.60 Å². The minimum Gasteiger partial charge on any atom is -0.444 e. The SMILES string of the molecule is CCc1ccccc1C1(CCN(C)CCCNC(=O)OC(C)(C)C)C[C@@]23CC(C12)N(C(=O)c1ccccc1)C3. The zero-order valence-corrected chi connectivity index (χ0v) is 24.3. The topological polar surface area (TPSA) is 61.9 Å². The van der Waals surface area contributed by atoms with Crippen LogP contribution in [0.1, 0.15) is 74.9 Å². The lowest BCUT2D eigenvalue weighted by Gasteiger charge is -2.69. The van der Waals surface area contributed by atoms with Gasteiger partial charge in [0, 0.05) is 30.1 Å². The van der Waals surface area contributed by atoms with Gasteiger partial charge in [0.2, 0.25) is 0 Å². The number of hydrogen-bond donors (Lipinski definition) is 1. The monoisotopic (exact) mass is 531 g/mol. The highest BCUT2D eigenvalue weighted by Crippen LogP contribution is 2.77. The van der Waals surface area contributed by atoms with Crippen LogP contribution in [0.4, 0.5) is 4.79 Å². The van der Waals surface area contributed by atoms with Gasteiger partial charge in [0.25, 0.3) is 5.91 Å². The molecule has 2 amide bonds. The van der Waals surface area contributed by atoms with Crippen LogP contribution in [0.15, 0.2) is 54.6 Å². The third-order valence-corrected chi connectivity index (χ3v) is 9.35. The van der Waals surface area contributed by atoms with Crippen LogP contribution < -0.4 is 5.32 Å². The third kappa shape index (κ3) is 5.20. The predicted molar refractivity (Wildman–Crippen MR) is 155 cm³/mol. The maximum Gasteiger partial charge on any atom is 0.407 e. The second kappa shape index (κ2) is 10.6. The highest BCUT2D eigenvalue weighted by atomic mass is 16.6. The Bertz CT molecular complexity index is 1190. The molecule has 1 spiro atoms. The number of rotatable bonds is 10. The normalized spacial score (nSPS) is 27.0. The average molecular weight is 532 g/mol. The van der Waals surface area contributed by atoms with E-state index >= 15 is 0 Å². The Morgan fingerprint density at radius 2 is 1.79 bits per heavy atom. The number of nitrogens with zero attached hydrogens (tertiary/aromatic N) is 2. The van der Waals surface area contributed by atoms with E-state index in [1.807, 2.05) is 51.1 Å². The van der Waals surface area contributed by atoms with Crippen LogP contribution in [0.25, 0.3) is 0 Å². The van der Waals surface area contributed by atoms with Crippen molar-refractivity contribution < 1.29 is 14.3 Å². The zero-order valence-electron chi connectivity index (χ0n) is 24.3. The Balaban J connectivity index is 1.25. The van der Waals surface area contributed by atoms with Crippen LogP contribution in [-0.2, 0) is 16.6 Å². The maximum atomic E-state index is 13.5. The zero-order chi connectivity index (χ0) is 27.8. The molecule has 2 saturated heterocycles. The first-order valence-corrected chi connectivity index (χ1v) is 14.7. The van der Waals surface area contributed by atoms with E-state index in [-0.39, 0.29) is 22.8 Å². The van der Waals surface area contributed by atoms with Gasteiger partial charge in [0.05, 0.1) is 0 Å². The second-order valence-corrected chi connectivity index (χ2v) is 13.1. The predicted octanol–water partition coefficient (Wildman–Crippen LogP) is 5.66. The number of carbonyl (C=O) groups is 2. The summed E-state index contributed by atoms with van der Waals surface area (Å²) in [5.74, 6) is 0.728. The van der Waals surface area contributed by atoms with Crippen molar-refractivity contribution in [1.82, 2.24) is 15.1 Å². The number of alkyl carbamates (subject to hydrolysis) is 1. The van der Waals surface area contributed by atoms with Crippen LogP contribution in [0, 0.1) is 11.3 Å². The average Bonchev–Trinajstić information content (AvgIpc) is 3.40. The van der Waals surface area contributed by atoms with E-state index in [1.165, 1.54) is 17.5 Å². The van der Waals surface area contributed by atoms with E-state index in [9.17, 15) is 9.59 Å². The molecule has 3 unspecified atom stereocenters. The first kappa shape index (κ1) is 27.7. The summed E-state index contributed by atoms with van der Waals surface area (Å²) in [5, 5.41) is 2.87. The van der Waals surface area contributed by atoms with Crippen molar-refractivity contribution >= 4 is 12.0 Å². The molecular weight excluding hydrogens is 486 g/mol. The van der Waals surface area contributed by atoms with Gasteiger partial charge >= 0.3 is 6.09 Å². The fourth-order valence-electron chi connectivity index (χ4n) is 7.90. The molecule has 2 bridgehead atoms. The Labute approximate surface area is 234 Å². The van der Waals surface area contributed by atoms with Gasteiger partial charge < -0.3 is 19.9 Å². The van der Waals surface area contributed by atoms with Gasteiger partial charge in [0.1, 0.15) is 5.60 Å². The molecule has 2 aliphatic heterocycles. The molecular formula is C33H45N3O3. The lowest BCUT2D eigenvalue weighted by Crippen LogP contribution is -2.69. The van der Waals surface area contributed by atoms with Crippen LogP contribution >= 0.6 is 0 Å². The van der Waals surface area contributed by atoms with Crippen LogP contribution in [0.5, 0.6) is 0 Å². The van der Waals surface area contributed by atoms with Crippen molar-refractivity contribution in [3.63, 3.8) is 0 Å². The summed E-state index contributed by atoms with van der Waals surface area (Å²) in [4.78, 5) is 30.0. The van der Waals surface area contributed by atoms with Crippen molar-refractivity contribution in [3.05, 3.63) is 71.3 Å². The molecule has 2 aliphatic carbocycles. The first-order chi connectivity index (χ1) is 18.6. The molecule has 1 N–H and O–H groups in total. The molecule has 2 aromatic rings. The summed E-state index contributed by atoms with van der Waals surface area (Å²) in [7, 11) is 2.18. The summed E-state index contributed by atoms with van der Waals surface area (Å²) in [6, 6.07) is 19.1. The van der Waals surface area contributed by atoms with Gasteiger partial charge in [-0.05, 0) is 108 Å². The first-order valence-electron chi connectivity index (χ1n) is 14.7. The van der Waals surface area contributed by atoms with Crippen molar-refractivity contribution in [2.75, 3.05) is 33.2 Å². The van der Waals surface area contributed by atoms with E-state index in [4.69, 9.17) is 4.74 Å². The number of fused-ring (bicyclic) bond motifs is 1. The van der Waals surface area contributed by atoms with E-state index in [0.29, 0.717) is 18.5 Å². The molecule has 4 aliphatic rings. The quantitative estimate of drug-likeness (QED) is 0.402. The summed E-state index contributed by atoms with van der Waals surface area (Å²) in [6.07, 6.45) is 4.97. The minimum absolute atomic E-state index is 0.115. The number of hydrogen-bond acceptors (Lipinski definition) is 4. The maximum absolute atomic E-state index is 13.5. The molecule has 4 fully saturated rings. The highest BCUT2D eigenvalue weighted by molar-refractivity contribution is 5.95. The molecule has 2 aromatic carbocycles. The lowest BCUT2D eigenvalue weighted by atomic mass is 9.34. The number of benzene rings is 2. The summed E-state index contributed by atoms with van der Waals surface area (Å²) >= 11 is 0. The molecule has 0 radical (unpaired) electrons. The van der Waals surface area contributed by atoms with Gasteiger partial charge in [-0.3, -0.25) is 4.79 Å². The van der Waals surface area contributed by atoms with Crippen molar-refractivity contribution in [3.8, 4) is 0 Å². The van der Waals surface area contributed by atoms with Gasteiger partial charge in [-0.1, -0.05) is 49.4 Å². The number of carbonyl (C=O) groups excluding carboxylic acids is 2. The van der Waals surface area contributed by atoms with E-state index in [2.05, 4.69) is 53.4 Å². The fourth-order valence-corrected chi connectivity index (χ4v) is 7.90. The Kier molecular flexibility index (Phi) is 7.53. The number of aryl methyl sites for hydroxylation is 1. The van der Waals surface area contributed by atoms with Gasteiger partial charge in [-0.15, -0.1) is 0 Å². The number of nitrogens with one attached hydrogen (secondary N) is 1. The Morgan fingerprint density at radius 3 is 2.51 bits per heavy atom. The molecule has 2 saturated carbocycles. The molecule has 4 atom stereocenters. The highest BCUT2D eigenvalue weighted by Gasteiger charge is 2.78. The Morgan fingerprint density at radius 1 is 1.08 bits per heavy atom. The summed E-state index contributed by atoms with van der Waals surface area (Å²) in [5.41, 5.74) is 3.68. The number of ether oxygens (including phenoxy) is 1. The minimum atomic E-state index is -0.480. The smallest absolute Gasteiger partial charge is 0.407 e. The van der Waals surface area contributed by atoms with E-state index in [0.717, 1.165) is 50.9 Å². The second-order valence-electron chi connectivity index (χ2n) is 13.1. The van der Waals surface area contributed by atoms with Crippen LogP contribution in [0.3, 0.4) is 0 Å². The van der Waals surface area contributed by atoms with Crippen molar-refractivity contribution in [2.24, 2.45) is 11.3 Å². The van der Waals surface area contributed by atoms with Gasteiger partial charge in [0.15, 0.2) is 0 Å². The lowest BCUT2D eigenvalue weighted by molar-refractivity contribution is -0.134. The molecule has 0 aromatic heterocycles. The molecule has 2 heterocycles. The van der Waals surface area contributed by atoms with Gasteiger partial charge in [-0.25, -0.2) is 4.79 Å². The molecule has 6 heteroatoms. The van der Waals surface area contributed by atoms with E-state index in [1.54, 1.807) is 0 Å². The van der Waals surface area contributed by atoms with Crippen molar-refractivity contribution in [2.45, 2.75) is 76.9 Å². The standard InChI is InChI=1S/C33H45N3O3/c1-6-24-13-10-11-16-26(24)33(17-20-35(5)19-12-18-34-30(38)39-31(2,3)4)22-32-21-27(28(32)33)36(23-32)29(37)25-14-8-7-9-15-25/h7-11,13-16,27-28H,6,12,17-23H2,1-5H3,(H,34,38)/t27?,28?,32-,33?/m1/s1. The Hall–Kier alpha value is -2.86. The van der Waals surface area contributed by atoms with Crippen LogP contribution in [0.2, 0.25) is 0 Å². The summed E-state index contributed by atoms with van der Waals surface area (Å²) in [6.45, 7) is 11.3. The fraction of sp³-hybridized carbons (Fsp3) is 0.576. The van der Waals surface area contributed by atoms with Gasteiger partial charge in [-0.2, -0.15) is 0 Å². The van der Waals surface area contributed by atoms with Crippen molar-refractivity contribution in [1.29, 1.82) is 0 Å². The molecule has 39 heavy (non-hydrogen) atoms. The van der Waals surface area contributed by atoms with Crippen LogP contribution in [-0.4, -0.2) is 66.7 Å². The molecule has 210 valence electrons. The third-order valence-electron chi connectivity index (χ3n) is 9.35. The molecule has 6 rings (SSSR count). The summed E-state index contributed by atoms with van der Waals surface area (Å²) < 4.78 is 5.35. The number of amides is 2. The molecule has 6 nitrogen and oxygen atoms in total.